The number of amides is 1. The molecule has 0 aromatic heterocycles. The van der Waals surface area contributed by atoms with Gasteiger partial charge in [-0.25, -0.2) is 0 Å². The number of anilines is 1. The lowest BCUT2D eigenvalue weighted by Gasteiger charge is -2.11. The Balaban J connectivity index is 1.67. The van der Waals surface area contributed by atoms with Gasteiger partial charge >= 0.3 is 0 Å². The van der Waals surface area contributed by atoms with E-state index in [9.17, 15) is 9.59 Å². The minimum atomic E-state index is -0.169. The average Bonchev–Trinajstić information content (AvgIpc) is 3.07. The number of methoxy groups -OCH3 is 1. The lowest BCUT2D eigenvalue weighted by Crippen LogP contribution is -2.14. The van der Waals surface area contributed by atoms with E-state index in [0.29, 0.717) is 35.6 Å². The fourth-order valence-electron chi connectivity index (χ4n) is 2.60. The molecule has 25 heavy (non-hydrogen) atoms. The van der Waals surface area contributed by atoms with E-state index in [1.807, 2.05) is 24.3 Å². The summed E-state index contributed by atoms with van der Waals surface area (Å²) in [5.41, 5.74) is 1.88. The number of Topliss-reactive ketones (excluding diaryl/α,β-unsaturated/α-hetero) is 1. The van der Waals surface area contributed by atoms with Crippen LogP contribution in [0.3, 0.4) is 0 Å². The third-order valence-corrected chi connectivity index (χ3v) is 3.97. The monoisotopic (exact) mass is 341 g/mol. The zero-order chi connectivity index (χ0) is 17.8. The van der Waals surface area contributed by atoms with Gasteiger partial charge in [0.2, 0.25) is 12.7 Å². The zero-order valence-corrected chi connectivity index (χ0v) is 14.1. The summed E-state index contributed by atoms with van der Waals surface area (Å²) in [5, 5.41) is 2.79. The van der Waals surface area contributed by atoms with Crippen molar-refractivity contribution in [3.63, 3.8) is 0 Å². The molecule has 1 aliphatic heterocycles. The van der Waals surface area contributed by atoms with Gasteiger partial charge in [-0.15, -0.1) is 0 Å². The number of ketones is 1. The van der Waals surface area contributed by atoms with Crippen molar-refractivity contribution in [2.24, 2.45) is 0 Å². The molecular weight excluding hydrogens is 322 g/mol. The molecule has 0 fully saturated rings. The molecule has 0 radical (unpaired) electrons. The Bertz CT molecular complexity index is 798. The predicted octanol–water partition coefficient (Wildman–Crippen LogP) is 3.20. The summed E-state index contributed by atoms with van der Waals surface area (Å²) < 4.78 is 15.7. The van der Waals surface area contributed by atoms with Crippen LogP contribution in [0.25, 0.3) is 0 Å². The van der Waals surface area contributed by atoms with Gasteiger partial charge in [0.15, 0.2) is 17.3 Å². The summed E-state index contributed by atoms with van der Waals surface area (Å²) in [7, 11) is 1.61. The Morgan fingerprint density at radius 3 is 2.44 bits per heavy atom. The molecule has 1 heterocycles. The standard InChI is InChI=1S/C19H19NO5/c1-12(21)15-9-17-18(25-11-24-17)10-16(15)20-19(22)8-5-13-3-6-14(23-2)7-4-13/h3-4,6-7,9-10H,5,8,11H2,1-2H3,(H,20,22). The highest BCUT2D eigenvalue weighted by atomic mass is 16.7. The molecule has 0 unspecified atom stereocenters. The van der Waals surface area contributed by atoms with Crippen molar-refractivity contribution >= 4 is 17.4 Å². The Labute approximate surface area is 145 Å². The molecule has 0 atom stereocenters. The fraction of sp³-hybridized carbons (Fsp3) is 0.263. The first kappa shape index (κ1) is 16.8. The van der Waals surface area contributed by atoms with Gasteiger partial charge in [-0.2, -0.15) is 0 Å². The van der Waals surface area contributed by atoms with Gasteiger partial charge in [-0.3, -0.25) is 9.59 Å². The van der Waals surface area contributed by atoms with Gasteiger partial charge in [-0.1, -0.05) is 12.1 Å². The van der Waals surface area contributed by atoms with E-state index in [0.717, 1.165) is 11.3 Å². The molecule has 0 spiro atoms. The second-order valence-electron chi connectivity index (χ2n) is 5.70. The first-order chi connectivity index (χ1) is 12.1. The van der Waals surface area contributed by atoms with Gasteiger partial charge in [0.25, 0.3) is 0 Å². The fourth-order valence-corrected chi connectivity index (χ4v) is 2.60. The second kappa shape index (κ2) is 7.25. The van der Waals surface area contributed by atoms with Gasteiger partial charge in [0, 0.05) is 18.1 Å². The Kier molecular flexibility index (Phi) is 4.88. The molecule has 0 bridgehead atoms. The van der Waals surface area contributed by atoms with E-state index >= 15 is 0 Å². The van der Waals surface area contributed by atoms with Crippen LogP contribution in [0.2, 0.25) is 0 Å². The van der Waals surface area contributed by atoms with Crippen molar-refractivity contribution in [1.82, 2.24) is 0 Å². The first-order valence-electron chi connectivity index (χ1n) is 7.94. The summed E-state index contributed by atoms with van der Waals surface area (Å²) >= 11 is 0. The number of rotatable bonds is 6. The van der Waals surface area contributed by atoms with E-state index in [-0.39, 0.29) is 18.5 Å². The molecule has 2 aromatic rings. The number of aryl methyl sites for hydroxylation is 1. The van der Waals surface area contributed by atoms with E-state index < -0.39 is 0 Å². The molecule has 0 aliphatic carbocycles. The van der Waals surface area contributed by atoms with Crippen LogP contribution in [0.1, 0.15) is 29.3 Å². The maximum atomic E-state index is 12.3. The van der Waals surface area contributed by atoms with Crippen LogP contribution in [0.5, 0.6) is 17.2 Å². The SMILES string of the molecule is COc1ccc(CCC(=O)Nc2cc3c(cc2C(C)=O)OCO3)cc1. The van der Waals surface area contributed by atoms with Crippen molar-refractivity contribution < 1.29 is 23.8 Å². The van der Waals surface area contributed by atoms with Crippen molar-refractivity contribution in [1.29, 1.82) is 0 Å². The van der Waals surface area contributed by atoms with Crippen LogP contribution in [-0.4, -0.2) is 25.6 Å². The summed E-state index contributed by atoms with van der Waals surface area (Å²) in [4.78, 5) is 24.1. The largest absolute Gasteiger partial charge is 0.497 e. The highest BCUT2D eigenvalue weighted by Crippen LogP contribution is 2.37. The Morgan fingerprint density at radius 2 is 1.80 bits per heavy atom. The number of hydrogen-bond donors (Lipinski definition) is 1. The number of carbonyl (C=O) groups is 2. The Hall–Kier alpha value is -3.02. The predicted molar refractivity (Wildman–Crippen MR) is 92.5 cm³/mol. The molecule has 130 valence electrons. The van der Waals surface area contributed by atoms with Gasteiger partial charge in [-0.05, 0) is 37.1 Å². The molecule has 6 heteroatoms. The smallest absolute Gasteiger partial charge is 0.231 e. The number of nitrogens with one attached hydrogen (secondary N) is 1. The lowest BCUT2D eigenvalue weighted by molar-refractivity contribution is -0.116. The van der Waals surface area contributed by atoms with Crippen molar-refractivity contribution in [2.45, 2.75) is 19.8 Å². The summed E-state index contributed by atoms with van der Waals surface area (Å²) in [6.07, 6.45) is 0.897. The van der Waals surface area contributed by atoms with E-state index in [4.69, 9.17) is 14.2 Å². The van der Waals surface area contributed by atoms with Crippen LogP contribution in [-0.2, 0) is 11.2 Å². The molecule has 0 saturated heterocycles. The van der Waals surface area contributed by atoms with Crippen LogP contribution in [0, 0.1) is 0 Å². The van der Waals surface area contributed by atoms with Crippen LogP contribution in [0.15, 0.2) is 36.4 Å². The summed E-state index contributed by atoms with van der Waals surface area (Å²) in [6.45, 7) is 1.56. The number of fused-ring (bicyclic) bond motifs is 1. The highest BCUT2D eigenvalue weighted by Gasteiger charge is 2.20. The van der Waals surface area contributed by atoms with Crippen molar-refractivity contribution in [3.8, 4) is 17.2 Å². The molecule has 1 N–H and O–H groups in total. The minimum absolute atomic E-state index is 0.113. The first-order valence-corrected chi connectivity index (χ1v) is 7.94. The normalized spacial score (nSPS) is 11.9. The van der Waals surface area contributed by atoms with E-state index in [1.54, 1.807) is 19.2 Å². The molecule has 0 saturated carbocycles. The second-order valence-corrected chi connectivity index (χ2v) is 5.70. The number of benzene rings is 2. The third-order valence-electron chi connectivity index (χ3n) is 3.97. The molecule has 1 aliphatic rings. The molecule has 6 nitrogen and oxygen atoms in total. The molecule has 2 aromatic carbocycles. The minimum Gasteiger partial charge on any atom is -0.497 e. The molecule has 1 amide bonds. The van der Waals surface area contributed by atoms with Crippen molar-refractivity contribution in [3.05, 3.63) is 47.5 Å². The van der Waals surface area contributed by atoms with E-state index in [2.05, 4.69) is 5.32 Å². The third kappa shape index (κ3) is 3.91. The van der Waals surface area contributed by atoms with E-state index in [1.165, 1.54) is 6.92 Å². The maximum Gasteiger partial charge on any atom is 0.231 e. The molecular formula is C19H19NO5. The van der Waals surface area contributed by atoms with Gasteiger partial charge < -0.3 is 19.5 Å². The van der Waals surface area contributed by atoms with Crippen LogP contribution in [0.4, 0.5) is 5.69 Å². The summed E-state index contributed by atoms with van der Waals surface area (Å²) in [6, 6.07) is 10.8. The lowest BCUT2D eigenvalue weighted by atomic mass is 10.1. The van der Waals surface area contributed by atoms with Crippen molar-refractivity contribution in [2.75, 3.05) is 19.2 Å². The van der Waals surface area contributed by atoms with Gasteiger partial charge in [0.1, 0.15) is 5.75 Å². The summed E-state index contributed by atoms with van der Waals surface area (Å²) in [5.74, 6) is 1.50. The molecule has 3 rings (SSSR count). The highest BCUT2D eigenvalue weighted by molar-refractivity contribution is 6.04. The average molecular weight is 341 g/mol. The number of hydrogen-bond acceptors (Lipinski definition) is 5. The quantitative estimate of drug-likeness (QED) is 0.817. The zero-order valence-electron chi connectivity index (χ0n) is 14.1. The van der Waals surface area contributed by atoms with Crippen LogP contribution < -0.4 is 19.5 Å². The van der Waals surface area contributed by atoms with Crippen LogP contribution >= 0.6 is 0 Å². The Morgan fingerprint density at radius 1 is 1.12 bits per heavy atom. The number of ether oxygens (including phenoxy) is 3. The topological polar surface area (TPSA) is 73.9 Å². The number of carbonyl (C=O) groups excluding carboxylic acids is 2. The van der Waals surface area contributed by atoms with Gasteiger partial charge in [0.05, 0.1) is 12.8 Å². The maximum absolute atomic E-state index is 12.3.